The lowest BCUT2D eigenvalue weighted by atomic mass is 10.0. The number of morpholine rings is 1. The van der Waals surface area contributed by atoms with Gasteiger partial charge in [-0.2, -0.15) is 4.31 Å². The van der Waals surface area contributed by atoms with Crippen LogP contribution in [0.15, 0.2) is 34.3 Å². The summed E-state index contributed by atoms with van der Waals surface area (Å²) in [5.41, 5.74) is 0.770. The van der Waals surface area contributed by atoms with Crippen molar-refractivity contribution in [1.82, 2.24) is 24.0 Å². The van der Waals surface area contributed by atoms with Gasteiger partial charge in [0.25, 0.3) is 0 Å². The number of sulfonamides is 1. The fourth-order valence-electron chi connectivity index (χ4n) is 4.37. The van der Waals surface area contributed by atoms with Crippen LogP contribution in [0.2, 0.25) is 0 Å². The van der Waals surface area contributed by atoms with Crippen molar-refractivity contribution in [3.63, 3.8) is 0 Å². The first-order valence-corrected chi connectivity index (χ1v) is 13.8. The number of amides is 1. The lowest BCUT2D eigenvalue weighted by Crippen LogP contribution is -2.44. The molecule has 33 heavy (non-hydrogen) atoms. The lowest BCUT2D eigenvalue weighted by Gasteiger charge is -2.35. The number of ether oxygens (including phenoxy) is 1. The zero-order valence-electron chi connectivity index (χ0n) is 19.1. The number of rotatable bonds is 7. The topological polar surface area (TPSA) is 97.6 Å². The van der Waals surface area contributed by atoms with E-state index in [4.69, 9.17) is 4.74 Å². The van der Waals surface area contributed by atoms with Crippen molar-refractivity contribution in [3.05, 3.63) is 24.3 Å². The van der Waals surface area contributed by atoms with E-state index in [0.29, 0.717) is 49.1 Å². The first-order chi connectivity index (χ1) is 15.9. The summed E-state index contributed by atoms with van der Waals surface area (Å²) in [6.07, 6.45) is 4.33. The minimum Gasteiger partial charge on any atom is -0.379 e. The number of likely N-dealkylation sites (tertiary alicyclic amines) is 1. The second-order valence-electron chi connectivity index (χ2n) is 8.34. The van der Waals surface area contributed by atoms with Crippen molar-refractivity contribution >= 4 is 27.7 Å². The van der Waals surface area contributed by atoms with Gasteiger partial charge in [-0.3, -0.25) is 4.79 Å². The van der Waals surface area contributed by atoms with Crippen LogP contribution in [0.3, 0.4) is 0 Å². The monoisotopic (exact) mass is 493 g/mol. The molecular formula is C22H31N5O4S2. The van der Waals surface area contributed by atoms with Crippen LogP contribution in [-0.4, -0.2) is 82.9 Å². The van der Waals surface area contributed by atoms with E-state index in [1.165, 1.54) is 22.5 Å². The summed E-state index contributed by atoms with van der Waals surface area (Å²) in [7, 11) is -1.68. The van der Waals surface area contributed by atoms with E-state index in [2.05, 4.69) is 17.1 Å². The molecule has 1 amide bonds. The van der Waals surface area contributed by atoms with Crippen molar-refractivity contribution < 1.29 is 17.9 Å². The number of hydrogen-bond donors (Lipinski definition) is 0. The normalized spacial score (nSPS) is 20.2. The Morgan fingerprint density at radius 2 is 1.85 bits per heavy atom. The molecule has 1 aromatic heterocycles. The highest BCUT2D eigenvalue weighted by Gasteiger charge is 2.27. The van der Waals surface area contributed by atoms with Crippen molar-refractivity contribution in [2.45, 2.75) is 48.7 Å². The lowest BCUT2D eigenvalue weighted by molar-refractivity contribution is -0.132. The molecule has 4 rings (SSSR count). The fourth-order valence-corrected chi connectivity index (χ4v) is 6.57. The molecule has 0 N–H and O–H groups in total. The Hall–Kier alpha value is -1.95. The van der Waals surface area contributed by atoms with Gasteiger partial charge in [-0.1, -0.05) is 18.7 Å². The molecule has 2 fully saturated rings. The molecule has 0 aliphatic carbocycles. The van der Waals surface area contributed by atoms with Gasteiger partial charge in [0.05, 0.1) is 23.9 Å². The number of nitrogens with zero attached hydrogens (tertiary/aromatic N) is 5. The van der Waals surface area contributed by atoms with Crippen LogP contribution in [0.4, 0.5) is 0 Å². The van der Waals surface area contributed by atoms with E-state index >= 15 is 0 Å². The van der Waals surface area contributed by atoms with E-state index < -0.39 is 10.0 Å². The van der Waals surface area contributed by atoms with Gasteiger partial charge >= 0.3 is 0 Å². The second kappa shape index (κ2) is 10.5. The number of benzene rings is 1. The van der Waals surface area contributed by atoms with Gasteiger partial charge < -0.3 is 14.2 Å². The number of carbonyl (C=O) groups excluding carboxylic acids is 1. The predicted molar refractivity (Wildman–Crippen MR) is 126 cm³/mol. The maximum Gasteiger partial charge on any atom is 0.243 e. The molecule has 1 atom stereocenters. The molecule has 2 saturated heterocycles. The molecule has 0 unspecified atom stereocenters. The smallest absolute Gasteiger partial charge is 0.243 e. The van der Waals surface area contributed by atoms with Gasteiger partial charge in [-0.05, 0) is 49.9 Å². The van der Waals surface area contributed by atoms with Crippen LogP contribution < -0.4 is 0 Å². The summed E-state index contributed by atoms with van der Waals surface area (Å²) >= 11 is 1.39. The quantitative estimate of drug-likeness (QED) is 0.546. The number of carbonyl (C=O) groups is 1. The van der Waals surface area contributed by atoms with Crippen molar-refractivity contribution in [3.8, 4) is 11.4 Å². The van der Waals surface area contributed by atoms with E-state index in [0.717, 1.165) is 31.4 Å². The van der Waals surface area contributed by atoms with Crippen molar-refractivity contribution in [2.75, 3.05) is 38.6 Å². The summed E-state index contributed by atoms with van der Waals surface area (Å²) in [6, 6.07) is 7.04. The summed E-state index contributed by atoms with van der Waals surface area (Å²) in [5, 5.41) is 9.20. The molecule has 0 bridgehead atoms. The van der Waals surface area contributed by atoms with Crippen LogP contribution >= 0.6 is 11.8 Å². The molecule has 0 radical (unpaired) electrons. The molecule has 3 heterocycles. The van der Waals surface area contributed by atoms with Crippen LogP contribution in [0.25, 0.3) is 11.4 Å². The molecule has 1 aromatic carbocycles. The zero-order valence-corrected chi connectivity index (χ0v) is 20.8. The maximum absolute atomic E-state index is 12.8. The SMILES string of the molecule is CC[C@H]1CCCCN1C(=O)CSc1nnc(-c2ccc(S(=O)(=O)N3CCOCC3)cc2)n1C. The molecule has 2 aromatic rings. The van der Waals surface area contributed by atoms with E-state index in [-0.39, 0.29) is 10.8 Å². The molecule has 180 valence electrons. The Kier molecular flexibility index (Phi) is 7.72. The van der Waals surface area contributed by atoms with E-state index in [1.807, 2.05) is 16.5 Å². The van der Waals surface area contributed by atoms with Gasteiger partial charge in [-0.15, -0.1) is 10.2 Å². The molecule has 0 spiro atoms. The third kappa shape index (κ3) is 5.26. The Bertz CT molecular complexity index is 1060. The van der Waals surface area contributed by atoms with Crippen LogP contribution in [-0.2, 0) is 26.6 Å². The summed E-state index contributed by atoms with van der Waals surface area (Å²) < 4.78 is 34.2. The Labute approximate surface area is 199 Å². The average molecular weight is 494 g/mol. The first kappa shape index (κ1) is 24.2. The summed E-state index contributed by atoms with van der Waals surface area (Å²) in [5.74, 6) is 1.11. The van der Waals surface area contributed by atoms with Gasteiger partial charge in [0.1, 0.15) is 0 Å². The number of piperidine rings is 1. The summed E-state index contributed by atoms with van der Waals surface area (Å²) in [6.45, 7) is 4.52. The van der Waals surface area contributed by atoms with Crippen LogP contribution in [0.5, 0.6) is 0 Å². The van der Waals surface area contributed by atoms with E-state index in [9.17, 15) is 13.2 Å². The Morgan fingerprint density at radius 1 is 1.12 bits per heavy atom. The predicted octanol–water partition coefficient (Wildman–Crippen LogP) is 2.39. The highest BCUT2D eigenvalue weighted by Crippen LogP contribution is 2.26. The Morgan fingerprint density at radius 3 is 2.55 bits per heavy atom. The maximum atomic E-state index is 12.8. The highest BCUT2D eigenvalue weighted by molar-refractivity contribution is 7.99. The third-order valence-corrected chi connectivity index (χ3v) is 9.22. The number of aromatic nitrogens is 3. The average Bonchev–Trinajstić information content (AvgIpc) is 3.23. The van der Waals surface area contributed by atoms with Crippen molar-refractivity contribution in [2.24, 2.45) is 7.05 Å². The number of thioether (sulfide) groups is 1. The van der Waals surface area contributed by atoms with E-state index in [1.54, 1.807) is 24.3 Å². The van der Waals surface area contributed by atoms with Crippen LogP contribution in [0, 0.1) is 0 Å². The van der Waals surface area contributed by atoms with Gasteiger partial charge in [-0.25, -0.2) is 8.42 Å². The van der Waals surface area contributed by atoms with Crippen molar-refractivity contribution in [1.29, 1.82) is 0 Å². The molecule has 2 aliphatic heterocycles. The van der Waals surface area contributed by atoms with Gasteiger partial charge in [0.2, 0.25) is 15.9 Å². The molecule has 11 heteroatoms. The standard InChI is InChI=1S/C22H31N5O4S2/c1-3-18-6-4-5-11-27(18)20(28)16-32-22-24-23-21(25(22)2)17-7-9-19(10-8-17)33(29,30)26-12-14-31-15-13-26/h7-10,18H,3-6,11-16H2,1-2H3/t18-/m0/s1. The van der Waals surface area contributed by atoms with Gasteiger partial charge in [0.15, 0.2) is 11.0 Å². The Balaban J connectivity index is 1.42. The highest BCUT2D eigenvalue weighted by atomic mass is 32.2. The first-order valence-electron chi connectivity index (χ1n) is 11.4. The second-order valence-corrected chi connectivity index (χ2v) is 11.2. The molecule has 9 nitrogen and oxygen atoms in total. The van der Waals surface area contributed by atoms with Gasteiger partial charge in [0, 0.05) is 38.3 Å². The molecular weight excluding hydrogens is 462 g/mol. The molecule has 0 saturated carbocycles. The number of hydrogen-bond acceptors (Lipinski definition) is 7. The third-order valence-electron chi connectivity index (χ3n) is 6.30. The summed E-state index contributed by atoms with van der Waals surface area (Å²) in [4.78, 5) is 15.0. The zero-order chi connectivity index (χ0) is 23.4. The minimum absolute atomic E-state index is 0.147. The molecule has 2 aliphatic rings. The minimum atomic E-state index is -3.54. The van der Waals surface area contributed by atoms with Crippen LogP contribution in [0.1, 0.15) is 32.6 Å². The largest absolute Gasteiger partial charge is 0.379 e. The fraction of sp³-hybridized carbons (Fsp3) is 0.591.